The second-order valence-electron chi connectivity index (χ2n) is 7.57. The molecule has 2 rings (SSSR count). The number of nitrogens with zero attached hydrogens (tertiary/aromatic N) is 3. The van der Waals surface area contributed by atoms with Crippen LogP contribution in [0.1, 0.15) is 18.1 Å². The van der Waals surface area contributed by atoms with E-state index in [0.717, 1.165) is 31.9 Å². The lowest BCUT2D eigenvalue weighted by Crippen LogP contribution is -2.52. The Kier molecular flexibility index (Phi) is 8.34. The van der Waals surface area contributed by atoms with Gasteiger partial charge in [0.05, 0.1) is 5.69 Å². The lowest BCUT2D eigenvalue weighted by Gasteiger charge is -2.32. The van der Waals surface area contributed by atoms with E-state index in [1.807, 2.05) is 31.2 Å². The molecule has 0 unspecified atom stereocenters. The van der Waals surface area contributed by atoms with E-state index in [9.17, 15) is 22.4 Å². The second-order valence-corrected chi connectivity index (χ2v) is 9.64. The number of hydrogen-bond donors (Lipinski definition) is 1. The number of halogens is 1. The number of hydrogen-bond acceptors (Lipinski definition) is 4. The second kappa shape index (κ2) is 10.6. The quantitative estimate of drug-likeness (QED) is 0.614. The van der Waals surface area contributed by atoms with Crippen molar-refractivity contribution in [1.29, 1.82) is 0 Å². The molecule has 1 atom stereocenters. The summed E-state index contributed by atoms with van der Waals surface area (Å²) in [7, 11) is 0.0813. The maximum absolute atomic E-state index is 13.4. The van der Waals surface area contributed by atoms with E-state index < -0.39 is 34.5 Å². The molecule has 0 aliphatic rings. The van der Waals surface area contributed by atoms with Gasteiger partial charge in [-0.25, -0.2) is 8.70 Å². The van der Waals surface area contributed by atoms with E-state index in [0.29, 0.717) is 0 Å². The standard InChI is InChI=1S/C22H29FN4O4S/c1-16-6-8-18(9-7-16)14-26(17(2)22(29)24-3)21(28)15-27(32(30,31)25(4)5)20-12-10-19(23)11-13-20/h6-13,17H,14-15H2,1-5H3,(H,24,29)/t17-/m1/s1. The van der Waals surface area contributed by atoms with Crippen LogP contribution in [-0.2, 0) is 26.3 Å². The van der Waals surface area contributed by atoms with Crippen LogP contribution in [0.3, 0.4) is 0 Å². The van der Waals surface area contributed by atoms with Crippen LogP contribution in [0.5, 0.6) is 0 Å². The average Bonchev–Trinajstić information content (AvgIpc) is 2.76. The predicted molar refractivity (Wildman–Crippen MR) is 122 cm³/mol. The molecule has 0 fully saturated rings. The van der Waals surface area contributed by atoms with E-state index in [1.54, 1.807) is 6.92 Å². The van der Waals surface area contributed by atoms with Gasteiger partial charge < -0.3 is 10.2 Å². The largest absolute Gasteiger partial charge is 0.357 e. The van der Waals surface area contributed by atoms with Gasteiger partial charge in [-0.2, -0.15) is 12.7 Å². The normalized spacial score (nSPS) is 12.3. The van der Waals surface area contributed by atoms with Gasteiger partial charge in [-0.1, -0.05) is 29.8 Å². The molecule has 32 heavy (non-hydrogen) atoms. The molecular weight excluding hydrogens is 435 g/mol. The summed E-state index contributed by atoms with van der Waals surface area (Å²) in [5.74, 6) is -1.48. The number of carbonyl (C=O) groups is 2. The summed E-state index contributed by atoms with van der Waals surface area (Å²) in [6.45, 7) is 3.08. The summed E-state index contributed by atoms with van der Waals surface area (Å²) in [5, 5.41) is 2.52. The zero-order chi connectivity index (χ0) is 24.1. The SMILES string of the molecule is CNC(=O)[C@@H](C)N(Cc1ccc(C)cc1)C(=O)CN(c1ccc(F)cc1)S(=O)(=O)N(C)C. The Hall–Kier alpha value is -2.98. The van der Waals surface area contributed by atoms with Crippen molar-refractivity contribution < 1.29 is 22.4 Å². The zero-order valence-corrected chi connectivity index (χ0v) is 19.7. The third-order valence-corrected chi connectivity index (χ3v) is 6.84. The van der Waals surface area contributed by atoms with Crippen molar-refractivity contribution in [1.82, 2.24) is 14.5 Å². The Balaban J connectivity index is 2.42. The van der Waals surface area contributed by atoms with Crippen LogP contribution in [0.4, 0.5) is 10.1 Å². The van der Waals surface area contributed by atoms with Crippen molar-refractivity contribution in [3.05, 3.63) is 65.5 Å². The van der Waals surface area contributed by atoms with Gasteiger partial charge in [0.15, 0.2) is 0 Å². The molecule has 1 N–H and O–H groups in total. The van der Waals surface area contributed by atoms with E-state index in [1.165, 1.54) is 38.2 Å². The summed E-state index contributed by atoms with van der Waals surface area (Å²) in [6.07, 6.45) is 0. The molecule has 0 saturated carbocycles. The fraction of sp³-hybridized carbons (Fsp3) is 0.364. The Morgan fingerprint density at radius 1 is 1.03 bits per heavy atom. The third kappa shape index (κ3) is 6.04. The first-order valence-electron chi connectivity index (χ1n) is 9.99. The van der Waals surface area contributed by atoms with Crippen molar-refractivity contribution in [2.75, 3.05) is 32.0 Å². The average molecular weight is 465 g/mol. The number of rotatable bonds is 9. The van der Waals surface area contributed by atoms with Crippen molar-refractivity contribution in [2.45, 2.75) is 26.4 Å². The topological polar surface area (TPSA) is 90.0 Å². The molecule has 0 radical (unpaired) electrons. The van der Waals surface area contributed by atoms with Crippen molar-refractivity contribution in [3.8, 4) is 0 Å². The minimum Gasteiger partial charge on any atom is -0.357 e. The van der Waals surface area contributed by atoms with E-state index in [4.69, 9.17) is 0 Å². The number of nitrogens with one attached hydrogen (secondary N) is 1. The monoisotopic (exact) mass is 464 g/mol. The molecule has 8 nitrogen and oxygen atoms in total. The molecule has 0 aromatic heterocycles. The van der Waals surface area contributed by atoms with Gasteiger partial charge in [0.1, 0.15) is 18.4 Å². The summed E-state index contributed by atoms with van der Waals surface area (Å²) in [5.41, 5.74) is 1.98. The van der Waals surface area contributed by atoms with Gasteiger partial charge in [0.25, 0.3) is 0 Å². The fourth-order valence-electron chi connectivity index (χ4n) is 3.01. The van der Waals surface area contributed by atoms with E-state index >= 15 is 0 Å². The Bertz CT molecular complexity index is 1040. The predicted octanol–water partition coefficient (Wildman–Crippen LogP) is 1.91. The van der Waals surface area contributed by atoms with Gasteiger partial charge >= 0.3 is 10.2 Å². The van der Waals surface area contributed by atoms with Crippen molar-refractivity contribution in [3.63, 3.8) is 0 Å². The molecular formula is C22H29FN4O4S. The van der Waals surface area contributed by atoms with Gasteiger partial charge in [0, 0.05) is 27.7 Å². The molecule has 0 heterocycles. The summed E-state index contributed by atoms with van der Waals surface area (Å²) in [6, 6.07) is 11.5. The molecule has 2 amide bonds. The first-order valence-corrected chi connectivity index (χ1v) is 11.4. The molecule has 2 aromatic carbocycles. The van der Waals surface area contributed by atoms with Crippen LogP contribution in [-0.4, -0.2) is 63.2 Å². The number of benzene rings is 2. The Labute approximate surface area is 188 Å². The highest BCUT2D eigenvalue weighted by atomic mass is 32.2. The van der Waals surface area contributed by atoms with Crippen molar-refractivity contribution >= 4 is 27.7 Å². The van der Waals surface area contributed by atoms with Gasteiger partial charge in [0.2, 0.25) is 11.8 Å². The summed E-state index contributed by atoms with van der Waals surface area (Å²) in [4.78, 5) is 27.0. The third-order valence-electron chi connectivity index (χ3n) is 5.02. The molecule has 174 valence electrons. The molecule has 10 heteroatoms. The van der Waals surface area contributed by atoms with Crippen LogP contribution >= 0.6 is 0 Å². The van der Waals surface area contributed by atoms with Crippen LogP contribution in [0, 0.1) is 12.7 Å². The van der Waals surface area contributed by atoms with Gasteiger partial charge in [-0.15, -0.1) is 0 Å². The molecule has 0 aliphatic heterocycles. The highest BCUT2D eigenvalue weighted by molar-refractivity contribution is 7.90. The lowest BCUT2D eigenvalue weighted by molar-refractivity contribution is -0.139. The fourth-order valence-corrected chi connectivity index (χ4v) is 4.06. The number of aryl methyl sites for hydroxylation is 1. The summed E-state index contributed by atoms with van der Waals surface area (Å²) >= 11 is 0. The number of carbonyl (C=O) groups excluding carboxylic acids is 2. The molecule has 2 aromatic rings. The maximum Gasteiger partial charge on any atom is 0.304 e. The highest BCUT2D eigenvalue weighted by Gasteiger charge is 2.32. The molecule has 0 bridgehead atoms. The van der Waals surface area contributed by atoms with Crippen LogP contribution < -0.4 is 9.62 Å². The maximum atomic E-state index is 13.4. The smallest absolute Gasteiger partial charge is 0.304 e. The van der Waals surface area contributed by atoms with Gasteiger partial charge in [-0.05, 0) is 43.7 Å². The van der Waals surface area contributed by atoms with Crippen LogP contribution in [0.2, 0.25) is 0 Å². The number of likely N-dealkylation sites (N-methyl/N-ethyl adjacent to an activating group) is 1. The Morgan fingerprint density at radius 3 is 2.09 bits per heavy atom. The first kappa shape index (κ1) is 25.3. The highest BCUT2D eigenvalue weighted by Crippen LogP contribution is 2.21. The molecule has 0 spiro atoms. The Morgan fingerprint density at radius 2 is 1.59 bits per heavy atom. The summed E-state index contributed by atoms with van der Waals surface area (Å²) < 4.78 is 41.1. The first-order chi connectivity index (χ1) is 15.0. The van der Waals surface area contributed by atoms with Crippen LogP contribution in [0.25, 0.3) is 0 Å². The zero-order valence-electron chi connectivity index (χ0n) is 18.9. The lowest BCUT2D eigenvalue weighted by atomic mass is 10.1. The number of anilines is 1. The van der Waals surface area contributed by atoms with Crippen LogP contribution in [0.15, 0.2) is 48.5 Å². The molecule has 0 saturated heterocycles. The minimum absolute atomic E-state index is 0.118. The molecule has 0 aliphatic carbocycles. The minimum atomic E-state index is -4.07. The van der Waals surface area contributed by atoms with Crippen molar-refractivity contribution in [2.24, 2.45) is 0 Å². The van der Waals surface area contributed by atoms with E-state index in [2.05, 4.69) is 5.32 Å². The van der Waals surface area contributed by atoms with E-state index in [-0.39, 0.29) is 18.1 Å². The van der Waals surface area contributed by atoms with Gasteiger partial charge in [-0.3, -0.25) is 9.59 Å². The number of amides is 2.